The lowest BCUT2D eigenvalue weighted by atomic mass is 9.94. The van der Waals surface area contributed by atoms with E-state index in [1.54, 1.807) is 12.1 Å². The molecular weight excluding hydrogens is 216 g/mol. The molecule has 1 aromatic carbocycles. The summed E-state index contributed by atoms with van der Waals surface area (Å²) in [7, 11) is 0. The van der Waals surface area contributed by atoms with Gasteiger partial charge in [-0.3, -0.25) is 0 Å². The third kappa shape index (κ3) is 4.47. The number of unbranched alkanes of at least 4 members (excludes halogenated alkanes) is 2. The summed E-state index contributed by atoms with van der Waals surface area (Å²) in [6.07, 6.45) is 3.39. The van der Waals surface area contributed by atoms with Crippen LogP contribution in [-0.4, -0.2) is 11.3 Å². The van der Waals surface area contributed by atoms with Gasteiger partial charge in [-0.25, -0.2) is 4.79 Å². The topological polar surface area (TPSA) is 46.5 Å². The first-order chi connectivity index (χ1) is 8.15. The van der Waals surface area contributed by atoms with Gasteiger partial charge in [-0.1, -0.05) is 51.3 Å². The zero-order valence-corrected chi connectivity index (χ0v) is 10.5. The van der Waals surface area contributed by atoms with Gasteiger partial charge in [0.25, 0.3) is 0 Å². The van der Waals surface area contributed by atoms with Crippen LogP contribution < -0.4 is 4.74 Å². The molecule has 0 bridgehead atoms. The maximum atomic E-state index is 10.6. The highest BCUT2D eigenvalue weighted by Gasteiger charge is 2.13. The van der Waals surface area contributed by atoms with Gasteiger partial charge in [-0.15, -0.1) is 0 Å². The lowest BCUT2D eigenvalue weighted by Gasteiger charge is -2.14. The average Bonchev–Trinajstić information content (AvgIpc) is 2.29. The standard InChI is InChI=1S/C14H20O3/c1-3-4-5-8-11(2)12-9-6-7-10-13(12)17-14(15)16/h6-7,9-11H,3-5,8H2,1-2H3,(H,15,16). The summed E-state index contributed by atoms with van der Waals surface area (Å²) in [5.74, 6) is 0.793. The van der Waals surface area contributed by atoms with Crippen molar-refractivity contribution in [3.8, 4) is 5.75 Å². The van der Waals surface area contributed by atoms with Crippen molar-refractivity contribution in [2.45, 2.75) is 45.4 Å². The first kappa shape index (κ1) is 13.6. The minimum atomic E-state index is -1.25. The quantitative estimate of drug-likeness (QED) is 0.451. The highest BCUT2D eigenvalue weighted by Crippen LogP contribution is 2.30. The highest BCUT2D eigenvalue weighted by molar-refractivity contribution is 5.62. The Bertz CT molecular complexity index is 360. The van der Waals surface area contributed by atoms with E-state index in [1.165, 1.54) is 19.3 Å². The third-order valence-corrected chi connectivity index (χ3v) is 2.89. The molecule has 1 N–H and O–H groups in total. The van der Waals surface area contributed by atoms with Crippen molar-refractivity contribution in [2.24, 2.45) is 0 Å². The second-order valence-electron chi connectivity index (χ2n) is 4.30. The van der Waals surface area contributed by atoms with Crippen LogP contribution in [0.15, 0.2) is 24.3 Å². The van der Waals surface area contributed by atoms with Gasteiger partial charge < -0.3 is 9.84 Å². The van der Waals surface area contributed by atoms with E-state index < -0.39 is 6.16 Å². The Morgan fingerprint density at radius 2 is 2.06 bits per heavy atom. The minimum absolute atomic E-state index is 0.331. The van der Waals surface area contributed by atoms with Gasteiger partial charge in [-0.05, 0) is 24.0 Å². The predicted molar refractivity (Wildman–Crippen MR) is 67.7 cm³/mol. The lowest BCUT2D eigenvalue weighted by molar-refractivity contribution is 0.144. The fourth-order valence-electron chi connectivity index (χ4n) is 1.93. The Labute approximate surface area is 102 Å². The molecule has 0 amide bonds. The van der Waals surface area contributed by atoms with Gasteiger partial charge >= 0.3 is 6.16 Å². The fraction of sp³-hybridized carbons (Fsp3) is 0.500. The normalized spacial score (nSPS) is 12.1. The molecule has 0 aromatic heterocycles. The number of rotatable bonds is 6. The van der Waals surface area contributed by atoms with Crippen LogP contribution in [0.4, 0.5) is 4.79 Å². The monoisotopic (exact) mass is 236 g/mol. The van der Waals surface area contributed by atoms with Gasteiger partial charge in [0.15, 0.2) is 0 Å². The van der Waals surface area contributed by atoms with Gasteiger partial charge in [0.2, 0.25) is 0 Å². The predicted octanol–water partition coefficient (Wildman–Crippen LogP) is 4.43. The maximum absolute atomic E-state index is 10.6. The van der Waals surface area contributed by atoms with Crippen molar-refractivity contribution in [1.29, 1.82) is 0 Å². The van der Waals surface area contributed by atoms with Crippen molar-refractivity contribution in [3.63, 3.8) is 0 Å². The smallest absolute Gasteiger partial charge is 0.449 e. The molecule has 1 unspecified atom stereocenters. The third-order valence-electron chi connectivity index (χ3n) is 2.89. The number of para-hydroxylation sites is 1. The molecule has 0 aliphatic carbocycles. The Morgan fingerprint density at radius 1 is 1.35 bits per heavy atom. The van der Waals surface area contributed by atoms with Crippen LogP contribution in [0.2, 0.25) is 0 Å². The molecule has 1 rings (SSSR count). The summed E-state index contributed by atoms with van der Waals surface area (Å²) >= 11 is 0. The number of carboxylic acid groups (broad SMARTS) is 1. The largest absolute Gasteiger partial charge is 0.511 e. The zero-order chi connectivity index (χ0) is 12.7. The molecule has 0 radical (unpaired) electrons. The number of ether oxygens (including phenoxy) is 1. The summed E-state index contributed by atoms with van der Waals surface area (Å²) in [6, 6.07) is 7.36. The lowest BCUT2D eigenvalue weighted by Crippen LogP contribution is -2.06. The number of benzene rings is 1. The molecule has 0 aliphatic rings. The summed E-state index contributed by atoms with van der Waals surface area (Å²) in [6.45, 7) is 4.28. The van der Waals surface area contributed by atoms with Crippen molar-refractivity contribution in [2.75, 3.05) is 0 Å². The second kappa shape index (κ2) is 6.94. The molecule has 0 aliphatic heterocycles. The molecule has 0 fully saturated rings. The number of carbonyl (C=O) groups is 1. The summed E-state index contributed by atoms with van der Waals surface area (Å²) in [5, 5.41) is 8.67. The second-order valence-corrected chi connectivity index (χ2v) is 4.30. The summed E-state index contributed by atoms with van der Waals surface area (Å²) < 4.78 is 4.79. The minimum Gasteiger partial charge on any atom is -0.449 e. The van der Waals surface area contributed by atoms with E-state index in [4.69, 9.17) is 9.84 Å². The first-order valence-corrected chi connectivity index (χ1v) is 6.14. The zero-order valence-electron chi connectivity index (χ0n) is 10.5. The van der Waals surface area contributed by atoms with E-state index in [9.17, 15) is 4.79 Å². The Morgan fingerprint density at radius 3 is 2.71 bits per heavy atom. The van der Waals surface area contributed by atoms with E-state index in [2.05, 4.69) is 13.8 Å². The van der Waals surface area contributed by atoms with E-state index in [0.29, 0.717) is 11.7 Å². The first-order valence-electron chi connectivity index (χ1n) is 6.14. The van der Waals surface area contributed by atoms with Crippen LogP contribution in [0.25, 0.3) is 0 Å². The van der Waals surface area contributed by atoms with Crippen LogP contribution in [0.3, 0.4) is 0 Å². The number of hydrogen-bond donors (Lipinski definition) is 1. The van der Waals surface area contributed by atoms with E-state index in [-0.39, 0.29) is 0 Å². The van der Waals surface area contributed by atoms with Gasteiger partial charge in [0.1, 0.15) is 5.75 Å². The van der Waals surface area contributed by atoms with E-state index in [1.807, 2.05) is 12.1 Å². The Hall–Kier alpha value is -1.51. The van der Waals surface area contributed by atoms with Crippen LogP contribution in [0, 0.1) is 0 Å². The van der Waals surface area contributed by atoms with Crippen LogP contribution in [-0.2, 0) is 0 Å². The average molecular weight is 236 g/mol. The molecule has 3 nitrogen and oxygen atoms in total. The Kier molecular flexibility index (Phi) is 5.53. The van der Waals surface area contributed by atoms with Crippen LogP contribution in [0.1, 0.15) is 51.0 Å². The van der Waals surface area contributed by atoms with Crippen molar-refractivity contribution < 1.29 is 14.6 Å². The summed E-state index contributed by atoms with van der Waals surface area (Å²) in [4.78, 5) is 10.6. The van der Waals surface area contributed by atoms with E-state index >= 15 is 0 Å². The molecule has 3 heteroatoms. The molecule has 0 heterocycles. The van der Waals surface area contributed by atoms with Gasteiger partial charge in [-0.2, -0.15) is 0 Å². The maximum Gasteiger partial charge on any atom is 0.511 e. The number of hydrogen-bond acceptors (Lipinski definition) is 2. The highest BCUT2D eigenvalue weighted by atomic mass is 16.7. The molecule has 0 saturated carbocycles. The molecular formula is C14H20O3. The molecule has 17 heavy (non-hydrogen) atoms. The van der Waals surface area contributed by atoms with Crippen LogP contribution >= 0.6 is 0 Å². The molecule has 1 aromatic rings. The molecule has 0 spiro atoms. The van der Waals surface area contributed by atoms with E-state index in [0.717, 1.165) is 12.0 Å². The van der Waals surface area contributed by atoms with Crippen LogP contribution in [0.5, 0.6) is 5.75 Å². The van der Waals surface area contributed by atoms with Crippen molar-refractivity contribution >= 4 is 6.16 Å². The summed E-state index contributed by atoms with van der Waals surface area (Å²) in [5.41, 5.74) is 0.978. The molecule has 0 saturated heterocycles. The van der Waals surface area contributed by atoms with Gasteiger partial charge in [0.05, 0.1) is 0 Å². The van der Waals surface area contributed by atoms with Crippen molar-refractivity contribution in [1.82, 2.24) is 0 Å². The molecule has 94 valence electrons. The Balaban J connectivity index is 2.70. The van der Waals surface area contributed by atoms with Gasteiger partial charge in [0, 0.05) is 0 Å². The fourth-order valence-corrected chi connectivity index (χ4v) is 1.93. The molecule has 1 atom stereocenters. The SMILES string of the molecule is CCCCCC(C)c1ccccc1OC(=O)O. The van der Waals surface area contributed by atoms with Crippen molar-refractivity contribution in [3.05, 3.63) is 29.8 Å².